The van der Waals surface area contributed by atoms with Crippen LogP contribution in [0.5, 0.6) is 0 Å². The van der Waals surface area contributed by atoms with E-state index in [1.54, 1.807) is 0 Å². The first kappa shape index (κ1) is 8.78. The lowest BCUT2D eigenvalue weighted by molar-refractivity contribution is 0.600. The van der Waals surface area contributed by atoms with Gasteiger partial charge in [-0.05, 0) is 18.6 Å². The molecule has 0 N–H and O–H groups in total. The van der Waals surface area contributed by atoms with Crippen molar-refractivity contribution in [3.05, 3.63) is 30.2 Å². The fourth-order valence-corrected chi connectivity index (χ4v) is 1.03. The molecule has 0 fully saturated rings. The molecule has 1 aromatic carbocycles. The average molecular weight is 163 g/mol. The fraction of sp³-hybridized carbons (Fsp3) is 0.300. The van der Waals surface area contributed by atoms with Crippen molar-refractivity contribution in [2.24, 2.45) is 0 Å². The lowest BCUT2D eigenvalue weighted by Gasteiger charge is -1.88. The van der Waals surface area contributed by atoms with Crippen molar-refractivity contribution in [1.82, 2.24) is 4.98 Å². The smallest absolute Gasteiger partial charge is 0.181 e. The van der Waals surface area contributed by atoms with Crippen molar-refractivity contribution in [2.45, 2.75) is 20.8 Å². The quantitative estimate of drug-likeness (QED) is 0.596. The molecule has 1 aromatic heterocycles. The molecule has 12 heavy (non-hydrogen) atoms. The van der Waals surface area contributed by atoms with Gasteiger partial charge in [-0.3, -0.25) is 0 Å². The van der Waals surface area contributed by atoms with Crippen molar-refractivity contribution in [3.63, 3.8) is 0 Å². The van der Waals surface area contributed by atoms with Crippen LogP contribution in [-0.2, 0) is 0 Å². The second-order valence-corrected chi connectivity index (χ2v) is 2.28. The molecule has 0 atom stereocenters. The number of benzene rings is 1. The number of fused-ring (bicyclic) bond motifs is 1. The summed E-state index contributed by atoms with van der Waals surface area (Å²) >= 11 is 0. The van der Waals surface area contributed by atoms with Crippen LogP contribution in [0.25, 0.3) is 11.1 Å². The van der Waals surface area contributed by atoms with E-state index in [-0.39, 0.29) is 0 Å². The van der Waals surface area contributed by atoms with Crippen LogP contribution in [0.1, 0.15) is 19.4 Å². The molecule has 2 rings (SSSR count). The number of aromatic nitrogens is 1. The first-order valence-corrected chi connectivity index (χ1v) is 4.17. The van der Waals surface area contributed by atoms with Crippen LogP contribution in [0.3, 0.4) is 0 Å². The van der Waals surface area contributed by atoms with Crippen molar-refractivity contribution in [3.8, 4) is 0 Å². The summed E-state index contributed by atoms with van der Waals surface area (Å²) in [5, 5.41) is 0. The first-order chi connectivity index (χ1) is 5.88. The number of rotatable bonds is 0. The van der Waals surface area contributed by atoms with Gasteiger partial charge in [0.1, 0.15) is 5.52 Å². The van der Waals surface area contributed by atoms with Gasteiger partial charge in [0.25, 0.3) is 0 Å². The Morgan fingerprint density at radius 2 is 2.00 bits per heavy atom. The van der Waals surface area contributed by atoms with E-state index in [1.807, 2.05) is 39.0 Å². The maximum absolute atomic E-state index is 5.14. The second kappa shape index (κ2) is 3.90. The number of hydrogen-bond acceptors (Lipinski definition) is 2. The van der Waals surface area contributed by atoms with E-state index in [1.165, 1.54) is 6.39 Å². The Balaban J connectivity index is 0.000000336. The van der Waals surface area contributed by atoms with Crippen molar-refractivity contribution >= 4 is 11.1 Å². The minimum absolute atomic E-state index is 0.891. The Morgan fingerprint density at radius 1 is 1.25 bits per heavy atom. The summed E-state index contributed by atoms with van der Waals surface area (Å²) in [5.41, 5.74) is 2.96. The summed E-state index contributed by atoms with van der Waals surface area (Å²) in [6.07, 6.45) is 1.47. The summed E-state index contributed by atoms with van der Waals surface area (Å²) < 4.78 is 5.14. The van der Waals surface area contributed by atoms with Gasteiger partial charge < -0.3 is 4.42 Å². The van der Waals surface area contributed by atoms with Crippen LogP contribution < -0.4 is 0 Å². The van der Waals surface area contributed by atoms with E-state index in [4.69, 9.17) is 4.42 Å². The molecule has 0 aliphatic carbocycles. The Kier molecular flexibility index (Phi) is 2.86. The predicted octanol–water partition coefficient (Wildman–Crippen LogP) is 3.16. The number of oxazole rings is 1. The van der Waals surface area contributed by atoms with Gasteiger partial charge in [0.2, 0.25) is 0 Å². The summed E-state index contributed by atoms with van der Waals surface area (Å²) in [4.78, 5) is 4.01. The van der Waals surface area contributed by atoms with Gasteiger partial charge in [0.05, 0.1) is 0 Å². The van der Waals surface area contributed by atoms with Crippen LogP contribution in [0, 0.1) is 6.92 Å². The monoisotopic (exact) mass is 163 g/mol. The lowest BCUT2D eigenvalue weighted by atomic mass is 10.2. The molecule has 2 aromatic rings. The van der Waals surface area contributed by atoms with Crippen molar-refractivity contribution in [2.75, 3.05) is 0 Å². The summed E-state index contributed by atoms with van der Waals surface area (Å²) in [5.74, 6) is 0. The third kappa shape index (κ3) is 1.47. The highest BCUT2D eigenvalue weighted by molar-refractivity contribution is 5.75. The van der Waals surface area contributed by atoms with Crippen molar-refractivity contribution in [1.29, 1.82) is 0 Å². The highest BCUT2D eigenvalue weighted by atomic mass is 16.3. The zero-order chi connectivity index (χ0) is 8.97. The van der Waals surface area contributed by atoms with Gasteiger partial charge in [-0.2, -0.15) is 0 Å². The normalized spacial score (nSPS) is 9.25. The molecule has 2 nitrogen and oxygen atoms in total. The van der Waals surface area contributed by atoms with Crippen LogP contribution >= 0.6 is 0 Å². The zero-order valence-electron chi connectivity index (χ0n) is 7.66. The molecule has 0 aliphatic heterocycles. The van der Waals surface area contributed by atoms with Gasteiger partial charge in [-0.25, -0.2) is 4.98 Å². The third-order valence-corrected chi connectivity index (χ3v) is 1.55. The molecule has 0 spiro atoms. The van der Waals surface area contributed by atoms with E-state index < -0.39 is 0 Å². The molecule has 0 amide bonds. The van der Waals surface area contributed by atoms with E-state index in [9.17, 15) is 0 Å². The van der Waals surface area contributed by atoms with Gasteiger partial charge in [-0.15, -0.1) is 0 Å². The number of aryl methyl sites for hydroxylation is 1. The fourth-order valence-electron chi connectivity index (χ4n) is 1.03. The molecular formula is C10H13NO. The molecule has 0 aliphatic rings. The van der Waals surface area contributed by atoms with E-state index in [2.05, 4.69) is 4.98 Å². The summed E-state index contributed by atoms with van der Waals surface area (Å²) in [6, 6.07) is 5.92. The molecule has 0 saturated carbocycles. The highest BCUT2D eigenvalue weighted by Crippen LogP contribution is 2.15. The number of hydrogen-bond donors (Lipinski definition) is 0. The van der Waals surface area contributed by atoms with Crippen LogP contribution in [0.4, 0.5) is 0 Å². The molecule has 0 unspecified atom stereocenters. The van der Waals surface area contributed by atoms with Gasteiger partial charge in [0, 0.05) is 0 Å². The standard InChI is InChI=1S/C8H7NO.C2H6/c1-6-3-2-4-7-8(6)10-5-9-7;1-2/h2-5H,1H3;1-2H3. The van der Waals surface area contributed by atoms with E-state index >= 15 is 0 Å². The first-order valence-electron chi connectivity index (χ1n) is 4.17. The lowest BCUT2D eigenvalue weighted by Crippen LogP contribution is -1.71. The van der Waals surface area contributed by atoms with Gasteiger partial charge in [-0.1, -0.05) is 26.0 Å². The van der Waals surface area contributed by atoms with Gasteiger partial charge in [0.15, 0.2) is 12.0 Å². The van der Waals surface area contributed by atoms with Crippen LogP contribution in [0.15, 0.2) is 29.0 Å². The summed E-state index contributed by atoms with van der Waals surface area (Å²) in [6.45, 7) is 6.01. The summed E-state index contributed by atoms with van der Waals surface area (Å²) in [7, 11) is 0. The Bertz CT molecular complexity index is 351. The Hall–Kier alpha value is -1.31. The molecule has 64 valence electrons. The highest BCUT2D eigenvalue weighted by Gasteiger charge is 1.98. The Morgan fingerprint density at radius 3 is 2.67 bits per heavy atom. The maximum atomic E-state index is 5.14. The zero-order valence-corrected chi connectivity index (χ0v) is 7.66. The minimum Gasteiger partial charge on any atom is -0.443 e. The third-order valence-electron chi connectivity index (χ3n) is 1.55. The molecular weight excluding hydrogens is 150 g/mol. The molecule has 0 saturated heterocycles. The SMILES string of the molecule is CC.Cc1cccc2ncoc12. The number of para-hydroxylation sites is 1. The minimum atomic E-state index is 0.891. The predicted molar refractivity (Wildman–Crippen MR) is 50.1 cm³/mol. The largest absolute Gasteiger partial charge is 0.443 e. The number of nitrogens with zero attached hydrogens (tertiary/aromatic N) is 1. The van der Waals surface area contributed by atoms with Crippen molar-refractivity contribution < 1.29 is 4.42 Å². The topological polar surface area (TPSA) is 26.0 Å². The average Bonchev–Trinajstić information content (AvgIpc) is 2.57. The van der Waals surface area contributed by atoms with E-state index in [0.29, 0.717) is 0 Å². The van der Waals surface area contributed by atoms with E-state index in [0.717, 1.165) is 16.7 Å². The second-order valence-electron chi connectivity index (χ2n) is 2.28. The van der Waals surface area contributed by atoms with Crippen LogP contribution in [0.2, 0.25) is 0 Å². The molecule has 0 radical (unpaired) electrons. The van der Waals surface area contributed by atoms with Gasteiger partial charge >= 0.3 is 0 Å². The van der Waals surface area contributed by atoms with Crippen LogP contribution in [-0.4, -0.2) is 4.98 Å². The molecule has 2 heteroatoms. The Labute approximate surface area is 72.2 Å². The molecule has 0 bridgehead atoms. The molecule has 1 heterocycles. The maximum Gasteiger partial charge on any atom is 0.181 e.